The smallest absolute Gasteiger partial charge is 0.416 e. The van der Waals surface area contributed by atoms with Crippen LogP contribution in [0.2, 0.25) is 5.02 Å². The van der Waals surface area contributed by atoms with Crippen molar-refractivity contribution in [2.75, 3.05) is 13.7 Å². The van der Waals surface area contributed by atoms with E-state index in [-0.39, 0.29) is 24.5 Å². The first-order valence-corrected chi connectivity index (χ1v) is 11.6. The van der Waals surface area contributed by atoms with Gasteiger partial charge in [0.05, 0.1) is 18.7 Å². The summed E-state index contributed by atoms with van der Waals surface area (Å²) < 4.78 is 46.3. The molecule has 1 atom stereocenters. The van der Waals surface area contributed by atoms with Crippen molar-refractivity contribution in [1.82, 2.24) is 10.2 Å². The molecule has 2 amide bonds. The Bertz CT molecular complexity index is 1230. The molecule has 3 aromatic rings. The number of halogens is 4. The van der Waals surface area contributed by atoms with Crippen LogP contribution in [0.5, 0.6) is 5.75 Å². The van der Waals surface area contributed by atoms with Crippen LogP contribution in [-0.4, -0.2) is 24.6 Å². The minimum Gasteiger partial charge on any atom is -0.496 e. The lowest BCUT2D eigenvalue weighted by molar-refractivity contribution is -0.137. The molecule has 1 unspecified atom stereocenters. The van der Waals surface area contributed by atoms with Gasteiger partial charge in [-0.3, -0.25) is 0 Å². The molecular formula is C27H26ClF3N2O2. The molecule has 1 aliphatic heterocycles. The number of nitrogens with zero attached hydrogens (tertiary/aromatic N) is 1. The Morgan fingerprint density at radius 3 is 2.40 bits per heavy atom. The molecular weight excluding hydrogens is 477 g/mol. The van der Waals surface area contributed by atoms with Crippen molar-refractivity contribution in [2.24, 2.45) is 0 Å². The van der Waals surface area contributed by atoms with Gasteiger partial charge >= 0.3 is 12.2 Å². The third-order valence-electron chi connectivity index (χ3n) is 6.23. The van der Waals surface area contributed by atoms with Crippen LogP contribution in [0.15, 0.2) is 60.7 Å². The standard InChI is InChI=1S/C27H26ClF3N2O2/c1-16(2)18-6-11-25(35-3)23(13-18)22-10-7-20(27(29,30)31)12-19(22)14-33-15-24(32-26(33)34)17-4-8-21(28)9-5-17/h4-13,16,24H,14-15H2,1-3H3,(H,32,34). The fraction of sp³-hybridized carbons (Fsp3) is 0.296. The number of nitrogens with one attached hydrogen (secondary N) is 1. The molecule has 0 spiro atoms. The second-order valence-electron chi connectivity index (χ2n) is 8.92. The minimum absolute atomic E-state index is 0.0181. The maximum absolute atomic E-state index is 13.6. The van der Waals surface area contributed by atoms with Crippen molar-refractivity contribution < 1.29 is 22.7 Å². The highest BCUT2D eigenvalue weighted by Crippen LogP contribution is 2.39. The molecule has 1 saturated heterocycles. The highest BCUT2D eigenvalue weighted by Gasteiger charge is 2.34. The number of alkyl halides is 3. The summed E-state index contributed by atoms with van der Waals surface area (Å²) in [7, 11) is 1.53. The first-order chi connectivity index (χ1) is 16.6. The van der Waals surface area contributed by atoms with Crippen LogP contribution in [0.4, 0.5) is 18.0 Å². The van der Waals surface area contributed by atoms with E-state index in [1.165, 1.54) is 18.1 Å². The van der Waals surface area contributed by atoms with Gasteiger partial charge in [0, 0.05) is 23.7 Å². The number of hydrogen-bond acceptors (Lipinski definition) is 2. The van der Waals surface area contributed by atoms with Crippen LogP contribution in [0.25, 0.3) is 11.1 Å². The number of ether oxygens (including phenoxy) is 1. The molecule has 0 aliphatic carbocycles. The highest BCUT2D eigenvalue weighted by atomic mass is 35.5. The fourth-order valence-corrected chi connectivity index (χ4v) is 4.40. The second-order valence-corrected chi connectivity index (χ2v) is 9.35. The van der Waals surface area contributed by atoms with E-state index < -0.39 is 11.7 Å². The Morgan fingerprint density at radius 1 is 1.06 bits per heavy atom. The van der Waals surface area contributed by atoms with Crippen molar-refractivity contribution >= 4 is 17.6 Å². The largest absolute Gasteiger partial charge is 0.496 e. The predicted octanol–water partition coefficient (Wildman–Crippen LogP) is 7.42. The number of carbonyl (C=O) groups excluding carboxylic acids is 1. The van der Waals surface area contributed by atoms with Gasteiger partial charge in [0.25, 0.3) is 0 Å². The van der Waals surface area contributed by atoms with Crippen LogP contribution in [-0.2, 0) is 12.7 Å². The van der Waals surface area contributed by atoms with Crippen LogP contribution in [0, 0.1) is 0 Å². The monoisotopic (exact) mass is 502 g/mol. The average Bonchev–Trinajstić information content (AvgIpc) is 3.18. The van der Waals surface area contributed by atoms with Crippen molar-refractivity contribution in [3.63, 3.8) is 0 Å². The lowest BCUT2D eigenvalue weighted by Gasteiger charge is -2.21. The molecule has 1 aliphatic rings. The zero-order chi connectivity index (χ0) is 25.3. The molecule has 0 radical (unpaired) electrons. The van der Waals surface area contributed by atoms with Crippen LogP contribution in [0.3, 0.4) is 0 Å². The number of hydrogen-bond donors (Lipinski definition) is 1. The van der Waals surface area contributed by atoms with Gasteiger partial charge in [0.15, 0.2) is 0 Å². The average molecular weight is 503 g/mol. The third-order valence-corrected chi connectivity index (χ3v) is 6.49. The van der Waals surface area contributed by atoms with E-state index in [1.807, 2.05) is 44.2 Å². The number of amides is 2. The lowest BCUT2D eigenvalue weighted by atomic mass is 9.92. The van der Waals surface area contributed by atoms with Crippen molar-refractivity contribution in [3.8, 4) is 16.9 Å². The minimum atomic E-state index is -4.50. The Morgan fingerprint density at radius 2 is 1.77 bits per heavy atom. The van der Waals surface area contributed by atoms with Crippen LogP contribution >= 0.6 is 11.6 Å². The Balaban J connectivity index is 1.73. The number of methoxy groups -OCH3 is 1. The van der Waals surface area contributed by atoms with Crippen LogP contribution < -0.4 is 10.1 Å². The van der Waals surface area contributed by atoms with Gasteiger partial charge in [-0.05, 0) is 64.6 Å². The summed E-state index contributed by atoms with van der Waals surface area (Å²) in [4.78, 5) is 14.3. The molecule has 4 nitrogen and oxygen atoms in total. The van der Waals surface area contributed by atoms with Crippen molar-refractivity contribution in [1.29, 1.82) is 0 Å². The van der Waals surface area contributed by atoms with Gasteiger partial charge in [-0.2, -0.15) is 13.2 Å². The molecule has 1 fully saturated rings. The van der Waals surface area contributed by atoms with E-state index in [2.05, 4.69) is 5.32 Å². The summed E-state index contributed by atoms with van der Waals surface area (Å²) in [5.74, 6) is 0.780. The van der Waals surface area contributed by atoms with Gasteiger partial charge in [-0.15, -0.1) is 0 Å². The number of benzene rings is 3. The van der Waals surface area contributed by atoms with E-state index in [0.717, 1.165) is 23.3 Å². The zero-order valence-corrected chi connectivity index (χ0v) is 20.4. The van der Waals surface area contributed by atoms with E-state index in [1.54, 1.807) is 12.1 Å². The molecule has 1 N–H and O–H groups in total. The van der Waals surface area contributed by atoms with Crippen molar-refractivity contribution in [2.45, 2.75) is 38.5 Å². The predicted molar refractivity (Wildman–Crippen MR) is 131 cm³/mol. The molecule has 184 valence electrons. The van der Waals surface area contributed by atoms with Gasteiger partial charge in [0.1, 0.15) is 5.75 Å². The van der Waals surface area contributed by atoms with Gasteiger partial charge in [-0.1, -0.05) is 49.7 Å². The fourth-order valence-electron chi connectivity index (χ4n) is 4.27. The molecule has 0 saturated carbocycles. The summed E-state index contributed by atoms with van der Waals surface area (Å²) >= 11 is 5.97. The number of rotatable bonds is 6. The topological polar surface area (TPSA) is 41.6 Å². The normalized spacial score (nSPS) is 16.1. The van der Waals surface area contributed by atoms with Crippen molar-refractivity contribution in [3.05, 3.63) is 87.9 Å². The number of urea groups is 1. The van der Waals surface area contributed by atoms with E-state index in [4.69, 9.17) is 16.3 Å². The molecule has 0 bridgehead atoms. The highest BCUT2D eigenvalue weighted by molar-refractivity contribution is 6.30. The first kappa shape index (κ1) is 24.9. The molecule has 3 aromatic carbocycles. The van der Waals surface area contributed by atoms with Gasteiger partial charge in [-0.25, -0.2) is 4.79 Å². The van der Waals surface area contributed by atoms with E-state index in [0.29, 0.717) is 34.0 Å². The van der Waals surface area contributed by atoms with Crippen LogP contribution in [0.1, 0.15) is 48.1 Å². The third kappa shape index (κ3) is 5.40. The molecule has 35 heavy (non-hydrogen) atoms. The molecule has 4 rings (SSSR count). The molecule has 0 aromatic heterocycles. The number of carbonyl (C=O) groups is 1. The Hall–Kier alpha value is -3.19. The molecule has 1 heterocycles. The summed E-state index contributed by atoms with van der Waals surface area (Å²) in [5, 5.41) is 3.49. The summed E-state index contributed by atoms with van der Waals surface area (Å²) in [6.07, 6.45) is -4.50. The van der Waals surface area contributed by atoms with E-state index in [9.17, 15) is 18.0 Å². The maximum Gasteiger partial charge on any atom is 0.416 e. The zero-order valence-electron chi connectivity index (χ0n) is 19.6. The maximum atomic E-state index is 13.6. The van der Waals surface area contributed by atoms with Gasteiger partial charge < -0.3 is 15.0 Å². The second kappa shape index (κ2) is 9.82. The lowest BCUT2D eigenvalue weighted by Crippen LogP contribution is -2.28. The van der Waals surface area contributed by atoms with E-state index >= 15 is 0 Å². The Kier molecular flexibility index (Phi) is 6.99. The summed E-state index contributed by atoms with van der Waals surface area (Å²) in [5.41, 5.74) is 2.83. The summed E-state index contributed by atoms with van der Waals surface area (Å²) in [6.45, 7) is 4.43. The quantitative estimate of drug-likeness (QED) is 0.381. The molecule has 8 heteroatoms. The Labute approximate surface area is 207 Å². The summed E-state index contributed by atoms with van der Waals surface area (Å²) in [6, 6.07) is 15.9. The first-order valence-electron chi connectivity index (χ1n) is 11.3. The SMILES string of the molecule is COc1ccc(C(C)C)cc1-c1ccc(C(F)(F)F)cc1CN1CC(c2ccc(Cl)cc2)NC1=O. The van der Waals surface area contributed by atoms with Gasteiger partial charge in [0.2, 0.25) is 0 Å².